The van der Waals surface area contributed by atoms with E-state index >= 15 is 0 Å². The minimum Gasteiger partial charge on any atom is -0.495 e. The molecule has 0 radical (unpaired) electrons. The summed E-state index contributed by atoms with van der Waals surface area (Å²) in [6.45, 7) is 0. The predicted octanol–water partition coefficient (Wildman–Crippen LogP) is 3.65. The summed E-state index contributed by atoms with van der Waals surface area (Å²) in [6.07, 6.45) is 1.54. The van der Waals surface area contributed by atoms with Gasteiger partial charge in [0.2, 0.25) is 0 Å². The lowest BCUT2D eigenvalue weighted by atomic mass is 10.2. The average molecular weight is 366 g/mol. The topological polar surface area (TPSA) is 48.3 Å². The van der Waals surface area contributed by atoms with Crippen molar-refractivity contribution in [2.24, 2.45) is 0 Å². The van der Waals surface area contributed by atoms with E-state index in [-0.39, 0.29) is 4.90 Å². The number of rotatable bonds is 3. The number of ether oxygens (including phenoxy) is 1. The van der Waals surface area contributed by atoms with Crippen molar-refractivity contribution in [2.75, 3.05) is 7.11 Å². The molecule has 0 fully saturated rings. The standard InChI is InChI=1S/C15H12BrNO3S/c1-20-14-8-7-13(16)12-9-10-17(15(12)14)21(18,19)11-5-3-2-4-6-11/h2-10H,1H3. The fourth-order valence-electron chi connectivity index (χ4n) is 2.24. The van der Waals surface area contributed by atoms with Crippen molar-refractivity contribution in [3.8, 4) is 5.75 Å². The number of methoxy groups -OCH3 is 1. The van der Waals surface area contributed by atoms with Gasteiger partial charge in [-0.25, -0.2) is 12.4 Å². The number of aromatic nitrogens is 1. The lowest BCUT2D eigenvalue weighted by molar-refractivity contribution is 0.418. The molecule has 1 heterocycles. The molecule has 6 heteroatoms. The Bertz CT molecular complexity index is 901. The van der Waals surface area contributed by atoms with E-state index in [1.54, 1.807) is 48.7 Å². The highest BCUT2D eigenvalue weighted by Gasteiger charge is 2.21. The Morgan fingerprint density at radius 1 is 1.05 bits per heavy atom. The molecule has 0 bridgehead atoms. The molecular formula is C15H12BrNO3S. The van der Waals surface area contributed by atoms with Gasteiger partial charge in [0.1, 0.15) is 11.3 Å². The van der Waals surface area contributed by atoms with Crippen LogP contribution in [0, 0.1) is 0 Å². The quantitative estimate of drug-likeness (QED) is 0.711. The molecule has 3 rings (SSSR count). The van der Waals surface area contributed by atoms with Crippen LogP contribution in [0.4, 0.5) is 0 Å². The summed E-state index contributed by atoms with van der Waals surface area (Å²) >= 11 is 3.43. The molecule has 2 aromatic carbocycles. The molecule has 4 nitrogen and oxygen atoms in total. The lowest BCUT2D eigenvalue weighted by Crippen LogP contribution is -2.12. The molecule has 0 atom stereocenters. The molecule has 108 valence electrons. The summed E-state index contributed by atoms with van der Waals surface area (Å²) in [4.78, 5) is 0.240. The first kappa shape index (κ1) is 14.2. The van der Waals surface area contributed by atoms with Gasteiger partial charge in [-0.1, -0.05) is 34.1 Å². The number of hydrogen-bond acceptors (Lipinski definition) is 3. The summed E-state index contributed by atoms with van der Waals surface area (Å²) in [5.41, 5.74) is 0.524. The Labute approximate surface area is 131 Å². The van der Waals surface area contributed by atoms with Crippen LogP contribution in [0.15, 0.2) is 64.1 Å². The fraction of sp³-hybridized carbons (Fsp3) is 0.0667. The normalized spacial score (nSPS) is 11.7. The van der Waals surface area contributed by atoms with Crippen molar-refractivity contribution >= 4 is 36.9 Å². The van der Waals surface area contributed by atoms with E-state index in [9.17, 15) is 8.42 Å². The SMILES string of the molecule is COc1ccc(Br)c2ccn(S(=O)(=O)c3ccccc3)c12. The second-order valence-electron chi connectivity index (χ2n) is 4.44. The zero-order chi connectivity index (χ0) is 15.0. The van der Waals surface area contributed by atoms with Crippen molar-refractivity contribution < 1.29 is 13.2 Å². The molecule has 0 amide bonds. The zero-order valence-electron chi connectivity index (χ0n) is 11.2. The van der Waals surface area contributed by atoms with Crippen LogP contribution in [-0.2, 0) is 10.0 Å². The van der Waals surface area contributed by atoms with Crippen LogP contribution in [0.5, 0.6) is 5.75 Å². The number of benzene rings is 2. The van der Waals surface area contributed by atoms with Crippen molar-refractivity contribution in [1.82, 2.24) is 3.97 Å². The maximum atomic E-state index is 12.8. The smallest absolute Gasteiger partial charge is 0.268 e. The monoisotopic (exact) mass is 365 g/mol. The molecule has 0 aliphatic heterocycles. The van der Waals surface area contributed by atoms with Gasteiger partial charge in [-0.15, -0.1) is 0 Å². The maximum Gasteiger partial charge on any atom is 0.268 e. The highest BCUT2D eigenvalue weighted by molar-refractivity contribution is 9.10. The summed E-state index contributed by atoms with van der Waals surface area (Å²) in [5.74, 6) is 0.512. The third-order valence-electron chi connectivity index (χ3n) is 3.24. The third-order valence-corrected chi connectivity index (χ3v) is 5.63. The van der Waals surface area contributed by atoms with Gasteiger partial charge in [-0.2, -0.15) is 0 Å². The number of hydrogen-bond donors (Lipinski definition) is 0. The maximum absolute atomic E-state index is 12.8. The first-order chi connectivity index (χ1) is 10.1. The second kappa shape index (κ2) is 5.20. The van der Waals surface area contributed by atoms with E-state index in [1.807, 2.05) is 6.07 Å². The molecule has 0 aliphatic rings. The number of halogens is 1. The van der Waals surface area contributed by atoms with Crippen LogP contribution in [0.2, 0.25) is 0 Å². The Hall–Kier alpha value is -1.79. The Morgan fingerprint density at radius 3 is 2.43 bits per heavy atom. The van der Waals surface area contributed by atoms with Crippen LogP contribution in [0.3, 0.4) is 0 Å². The second-order valence-corrected chi connectivity index (χ2v) is 7.11. The van der Waals surface area contributed by atoms with Crippen LogP contribution in [0.25, 0.3) is 10.9 Å². The first-order valence-electron chi connectivity index (χ1n) is 6.20. The molecule has 0 saturated heterocycles. The van der Waals surface area contributed by atoms with Gasteiger partial charge in [0.05, 0.1) is 12.0 Å². The summed E-state index contributed by atoms with van der Waals surface area (Å²) in [5, 5.41) is 0.786. The molecule has 1 aromatic heterocycles. The van der Waals surface area contributed by atoms with Crippen LogP contribution in [-0.4, -0.2) is 19.5 Å². The minimum absolute atomic E-state index is 0.240. The molecular weight excluding hydrogens is 354 g/mol. The molecule has 0 unspecified atom stereocenters. The molecule has 0 spiro atoms. The van der Waals surface area contributed by atoms with Gasteiger partial charge in [0.25, 0.3) is 10.0 Å². The molecule has 0 aliphatic carbocycles. The van der Waals surface area contributed by atoms with E-state index in [0.29, 0.717) is 11.3 Å². The van der Waals surface area contributed by atoms with Gasteiger partial charge in [0.15, 0.2) is 0 Å². The Balaban J connectivity index is 2.34. The first-order valence-corrected chi connectivity index (χ1v) is 8.43. The zero-order valence-corrected chi connectivity index (χ0v) is 13.6. The van der Waals surface area contributed by atoms with Crippen molar-refractivity contribution in [2.45, 2.75) is 4.90 Å². The van der Waals surface area contributed by atoms with Crippen molar-refractivity contribution in [3.05, 3.63) is 59.2 Å². The fourth-order valence-corrected chi connectivity index (χ4v) is 4.07. The average Bonchev–Trinajstić information content (AvgIpc) is 2.95. The Kier molecular flexibility index (Phi) is 3.51. The van der Waals surface area contributed by atoms with E-state index < -0.39 is 10.0 Å². The minimum atomic E-state index is -3.66. The van der Waals surface area contributed by atoms with Crippen LogP contribution in [0.1, 0.15) is 0 Å². The van der Waals surface area contributed by atoms with Crippen molar-refractivity contribution in [3.63, 3.8) is 0 Å². The summed E-state index contributed by atoms with van der Waals surface area (Å²) < 4.78 is 32.9. The third kappa shape index (κ3) is 2.24. The largest absolute Gasteiger partial charge is 0.495 e. The van der Waals surface area contributed by atoms with Crippen LogP contribution >= 0.6 is 15.9 Å². The van der Waals surface area contributed by atoms with Gasteiger partial charge < -0.3 is 4.74 Å². The number of fused-ring (bicyclic) bond motifs is 1. The van der Waals surface area contributed by atoms with Crippen molar-refractivity contribution in [1.29, 1.82) is 0 Å². The Morgan fingerprint density at radius 2 is 1.76 bits per heavy atom. The van der Waals surface area contributed by atoms with Gasteiger partial charge in [0, 0.05) is 16.1 Å². The summed E-state index contributed by atoms with van der Waals surface area (Å²) in [6, 6.07) is 13.7. The molecule has 0 N–H and O–H groups in total. The van der Waals surface area contributed by atoms with Gasteiger partial charge >= 0.3 is 0 Å². The van der Waals surface area contributed by atoms with E-state index in [4.69, 9.17) is 4.74 Å². The molecule has 0 saturated carbocycles. The van der Waals surface area contributed by atoms with E-state index in [2.05, 4.69) is 15.9 Å². The van der Waals surface area contributed by atoms with E-state index in [1.165, 1.54) is 11.1 Å². The molecule has 3 aromatic rings. The van der Waals surface area contributed by atoms with Gasteiger partial charge in [-0.05, 0) is 30.3 Å². The highest BCUT2D eigenvalue weighted by atomic mass is 79.9. The highest BCUT2D eigenvalue weighted by Crippen LogP contribution is 2.34. The number of nitrogens with zero attached hydrogens (tertiary/aromatic N) is 1. The predicted molar refractivity (Wildman–Crippen MR) is 85.2 cm³/mol. The van der Waals surface area contributed by atoms with Crippen LogP contribution < -0.4 is 4.74 Å². The van der Waals surface area contributed by atoms with Gasteiger partial charge in [-0.3, -0.25) is 0 Å². The molecule has 21 heavy (non-hydrogen) atoms. The summed E-state index contributed by atoms with van der Waals surface area (Å²) in [7, 11) is -2.13. The lowest BCUT2D eigenvalue weighted by Gasteiger charge is -2.10. The van der Waals surface area contributed by atoms with E-state index in [0.717, 1.165) is 9.86 Å².